The molecule has 2 aromatic carbocycles. The molecule has 2 aromatic heterocycles. The SMILES string of the molecule is C=C(CO)CO[C@]1(c2ccc(Cl)cc2)c2c(F)cc(C(=O)c3cn(C)cn3)cc2C(=O)N1Cc1ccc(C#N)cn1. The third-order valence-corrected chi connectivity index (χ3v) is 6.95. The van der Waals surface area contributed by atoms with Gasteiger partial charge in [0.15, 0.2) is 0 Å². The molecule has 0 fully saturated rings. The van der Waals surface area contributed by atoms with Gasteiger partial charge in [-0.15, -0.1) is 0 Å². The first-order chi connectivity index (χ1) is 19.7. The van der Waals surface area contributed by atoms with Crippen molar-refractivity contribution in [3.8, 4) is 6.07 Å². The standard InChI is InChI=1S/C30H23ClFN5O4/c1-18(15-38)16-41-30(21-4-6-22(31)7-5-21)27-24(29(40)37(30)13-23-8-3-19(11-33)12-34-23)9-20(10-25(27)32)28(39)26-14-36(2)17-35-26/h3-10,12,14,17,38H,1,13,15-16H2,2H3/t30-/m1/s1. The first kappa shape index (κ1) is 27.9. The Hall–Kier alpha value is -4.69. The minimum atomic E-state index is -1.85. The van der Waals surface area contributed by atoms with Crippen molar-refractivity contribution in [1.29, 1.82) is 5.26 Å². The van der Waals surface area contributed by atoms with Gasteiger partial charge >= 0.3 is 0 Å². The highest BCUT2D eigenvalue weighted by molar-refractivity contribution is 6.30. The number of benzene rings is 2. The van der Waals surface area contributed by atoms with E-state index < -0.39 is 29.8 Å². The number of aliphatic hydroxyl groups excluding tert-OH is 1. The van der Waals surface area contributed by atoms with Crippen LogP contribution in [0.4, 0.5) is 4.39 Å². The normalized spacial score (nSPS) is 16.0. The van der Waals surface area contributed by atoms with Crippen LogP contribution < -0.4 is 0 Å². The second kappa shape index (κ2) is 11.1. The van der Waals surface area contributed by atoms with Crippen molar-refractivity contribution in [2.24, 2.45) is 7.05 Å². The summed E-state index contributed by atoms with van der Waals surface area (Å²) >= 11 is 6.16. The first-order valence-corrected chi connectivity index (χ1v) is 12.8. The molecule has 4 aromatic rings. The highest BCUT2D eigenvalue weighted by atomic mass is 35.5. The summed E-state index contributed by atoms with van der Waals surface area (Å²) in [4.78, 5) is 37.0. The van der Waals surface area contributed by atoms with E-state index in [1.165, 1.54) is 29.7 Å². The van der Waals surface area contributed by atoms with Crippen molar-refractivity contribution in [3.63, 3.8) is 0 Å². The van der Waals surface area contributed by atoms with Crippen LogP contribution in [-0.2, 0) is 24.1 Å². The number of ketones is 1. The van der Waals surface area contributed by atoms with Crippen LogP contribution in [0, 0.1) is 17.1 Å². The van der Waals surface area contributed by atoms with Gasteiger partial charge in [-0.2, -0.15) is 5.26 Å². The minimum Gasteiger partial charge on any atom is -0.392 e. The summed E-state index contributed by atoms with van der Waals surface area (Å²) in [6, 6.07) is 13.9. The predicted molar refractivity (Wildman–Crippen MR) is 146 cm³/mol. The van der Waals surface area contributed by atoms with Crippen LogP contribution in [0.1, 0.15) is 48.8 Å². The van der Waals surface area contributed by atoms with Gasteiger partial charge in [0.25, 0.3) is 5.91 Å². The fraction of sp³-hybridized carbons (Fsp3) is 0.167. The Morgan fingerprint density at radius 2 is 1.98 bits per heavy atom. The number of carbonyl (C=O) groups is 2. The van der Waals surface area contributed by atoms with Gasteiger partial charge in [-0.3, -0.25) is 19.5 Å². The fourth-order valence-electron chi connectivity index (χ4n) is 4.74. The second-order valence-electron chi connectivity index (χ2n) is 9.52. The van der Waals surface area contributed by atoms with E-state index in [0.717, 1.165) is 6.07 Å². The molecule has 9 nitrogen and oxygen atoms in total. The maximum absolute atomic E-state index is 16.3. The molecule has 11 heteroatoms. The molecule has 5 rings (SSSR count). The number of ether oxygens (including phenoxy) is 1. The molecule has 1 N–H and O–H groups in total. The average Bonchev–Trinajstić information content (AvgIpc) is 3.52. The number of hydrogen-bond acceptors (Lipinski definition) is 7. The number of halogens is 2. The number of carbonyl (C=O) groups excluding carboxylic acids is 2. The van der Waals surface area contributed by atoms with E-state index in [1.54, 1.807) is 48.0 Å². The summed E-state index contributed by atoms with van der Waals surface area (Å²) in [6.07, 6.45) is 4.31. The van der Waals surface area contributed by atoms with Gasteiger partial charge in [-0.05, 0) is 42.0 Å². The van der Waals surface area contributed by atoms with Gasteiger partial charge in [0.1, 0.15) is 17.6 Å². The number of pyridine rings is 1. The monoisotopic (exact) mass is 571 g/mol. The van der Waals surface area contributed by atoms with Crippen molar-refractivity contribution in [2.45, 2.75) is 12.3 Å². The smallest absolute Gasteiger partial charge is 0.257 e. The highest BCUT2D eigenvalue weighted by Crippen LogP contribution is 2.48. The number of nitriles is 1. The van der Waals surface area contributed by atoms with Crippen molar-refractivity contribution >= 4 is 23.3 Å². The number of hydrogen-bond donors (Lipinski definition) is 1. The summed E-state index contributed by atoms with van der Waals surface area (Å²) in [7, 11) is 1.70. The summed E-state index contributed by atoms with van der Waals surface area (Å²) in [5.74, 6) is -2.03. The van der Waals surface area contributed by atoms with Crippen LogP contribution >= 0.6 is 11.6 Å². The number of nitrogens with zero attached hydrogens (tertiary/aromatic N) is 5. The molecule has 3 heterocycles. The van der Waals surface area contributed by atoms with Crippen LogP contribution in [0.5, 0.6) is 0 Å². The maximum atomic E-state index is 16.3. The van der Waals surface area contributed by atoms with Gasteiger partial charge < -0.3 is 14.4 Å². The van der Waals surface area contributed by atoms with E-state index in [2.05, 4.69) is 16.5 Å². The average molecular weight is 572 g/mol. The van der Waals surface area contributed by atoms with E-state index in [-0.39, 0.29) is 41.1 Å². The first-order valence-electron chi connectivity index (χ1n) is 12.4. The molecule has 0 spiro atoms. The molecule has 0 radical (unpaired) electrons. The van der Waals surface area contributed by atoms with Gasteiger partial charge in [0.05, 0.1) is 48.5 Å². The van der Waals surface area contributed by atoms with Crippen molar-refractivity contribution in [1.82, 2.24) is 19.4 Å². The Labute approximate surface area is 239 Å². The fourth-order valence-corrected chi connectivity index (χ4v) is 4.87. The van der Waals surface area contributed by atoms with E-state index in [0.29, 0.717) is 21.8 Å². The van der Waals surface area contributed by atoms with Gasteiger partial charge in [0.2, 0.25) is 11.5 Å². The Bertz CT molecular complexity index is 1710. The van der Waals surface area contributed by atoms with Crippen molar-refractivity contribution in [2.75, 3.05) is 13.2 Å². The number of imidazole rings is 1. The number of aryl methyl sites for hydroxylation is 1. The van der Waals surface area contributed by atoms with Crippen LogP contribution in [0.2, 0.25) is 5.02 Å². The molecule has 1 atom stereocenters. The Morgan fingerprint density at radius 3 is 2.59 bits per heavy atom. The zero-order chi connectivity index (χ0) is 29.3. The molecule has 0 unspecified atom stereocenters. The highest BCUT2D eigenvalue weighted by Gasteiger charge is 2.54. The van der Waals surface area contributed by atoms with Crippen LogP contribution in [-0.4, -0.2) is 49.4 Å². The third-order valence-electron chi connectivity index (χ3n) is 6.70. The lowest BCUT2D eigenvalue weighted by atomic mass is 9.90. The zero-order valence-corrected chi connectivity index (χ0v) is 22.6. The Morgan fingerprint density at radius 1 is 1.22 bits per heavy atom. The summed E-state index contributed by atoms with van der Waals surface area (Å²) in [6.45, 7) is 3.02. The van der Waals surface area contributed by atoms with Gasteiger partial charge in [-0.25, -0.2) is 9.37 Å². The predicted octanol–water partition coefficient (Wildman–Crippen LogP) is 4.13. The maximum Gasteiger partial charge on any atom is 0.257 e. The van der Waals surface area contributed by atoms with Crippen molar-refractivity contribution < 1.29 is 23.8 Å². The number of amides is 1. The molecule has 41 heavy (non-hydrogen) atoms. The van der Waals surface area contributed by atoms with Crippen molar-refractivity contribution in [3.05, 3.63) is 129 Å². The largest absolute Gasteiger partial charge is 0.392 e. The lowest BCUT2D eigenvalue weighted by molar-refractivity contribution is -0.106. The van der Waals surface area contributed by atoms with E-state index in [1.807, 2.05) is 6.07 Å². The molecular weight excluding hydrogens is 549 g/mol. The van der Waals surface area contributed by atoms with E-state index >= 15 is 4.39 Å². The number of rotatable bonds is 9. The summed E-state index contributed by atoms with van der Waals surface area (Å²) < 4.78 is 24.2. The second-order valence-corrected chi connectivity index (χ2v) is 9.96. The lowest BCUT2D eigenvalue weighted by Gasteiger charge is -2.39. The molecule has 0 bridgehead atoms. The molecule has 0 saturated heterocycles. The quantitative estimate of drug-likeness (QED) is 0.237. The third kappa shape index (κ3) is 5.02. The summed E-state index contributed by atoms with van der Waals surface area (Å²) in [5.41, 5.74) is -0.613. The van der Waals surface area contributed by atoms with Gasteiger partial charge in [-0.1, -0.05) is 30.3 Å². The topological polar surface area (TPSA) is 121 Å². The Kier molecular flexibility index (Phi) is 7.51. The Balaban J connectivity index is 1.72. The molecule has 1 aliphatic heterocycles. The van der Waals surface area contributed by atoms with E-state index in [9.17, 15) is 14.7 Å². The minimum absolute atomic E-state index is 0.0589. The van der Waals surface area contributed by atoms with Crippen LogP contribution in [0.3, 0.4) is 0 Å². The lowest BCUT2D eigenvalue weighted by Crippen LogP contribution is -2.47. The summed E-state index contributed by atoms with van der Waals surface area (Å²) in [5, 5.41) is 19.2. The number of aromatic nitrogens is 3. The van der Waals surface area contributed by atoms with Crippen LogP contribution in [0.25, 0.3) is 0 Å². The molecule has 206 valence electrons. The molecule has 1 amide bonds. The van der Waals surface area contributed by atoms with E-state index in [4.69, 9.17) is 21.6 Å². The molecular formula is C30H23ClFN5O4. The number of aliphatic hydroxyl groups is 1. The van der Waals surface area contributed by atoms with Crippen LogP contribution in [0.15, 0.2) is 79.4 Å². The number of fused-ring (bicyclic) bond motifs is 1. The molecule has 0 saturated carbocycles. The zero-order valence-electron chi connectivity index (χ0n) is 21.8. The molecule has 0 aliphatic carbocycles. The van der Waals surface area contributed by atoms with Gasteiger partial charge in [0, 0.05) is 35.6 Å². The molecule has 1 aliphatic rings.